The summed E-state index contributed by atoms with van der Waals surface area (Å²) in [7, 11) is 0. The van der Waals surface area contributed by atoms with E-state index in [2.05, 4.69) is 10.2 Å². The Morgan fingerprint density at radius 2 is 1.94 bits per heavy atom. The number of rotatable bonds is 5. The van der Waals surface area contributed by atoms with Crippen LogP contribution < -0.4 is 5.32 Å². The van der Waals surface area contributed by atoms with Crippen molar-refractivity contribution in [2.24, 2.45) is 0 Å². The van der Waals surface area contributed by atoms with Crippen LogP contribution >= 0.6 is 0 Å². The molecular weight excluding hydrogens is 200 g/mol. The molecule has 3 heteroatoms. The minimum absolute atomic E-state index is 0.490. The number of likely N-dealkylation sites (tertiary alicyclic amines) is 1. The fraction of sp³-hybridized carbons (Fsp3) is 1.00. The predicted octanol–water partition coefficient (Wildman–Crippen LogP) is 1.63. The SMILES string of the molecule is C1CCCN(CCCO[C@@H]2CCNC2)CC1. The third kappa shape index (κ3) is 4.40. The Hall–Kier alpha value is -0.120. The van der Waals surface area contributed by atoms with E-state index in [-0.39, 0.29) is 0 Å². The second-order valence-corrected chi connectivity index (χ2v) is 5.10. The summed E-state index contributed by atoms with van der Waals surface area (Å²) in [6, 6.07) is 0. The molecule has 1 atom stereocenters. The molecule has 16 heavy (non-hydrogen) atoms. The molecule has 0 radical (unpaired) electrons. The molecule has 0 bridgehead atoms. The lowest BCUT2D eigenvalue weighted by atomic mass is 10.2. The van der Waals surface area contributed by atoms with Crippen LogP contribution in [0.25, 0.3) is 0 Å². The first kappa shape index (κ1) is 12.3. The lowest BCUT2D eigenvalue weighted by Crippen LogP contribution is -2.27. The van der Waals surface area contributed by atoms with Gasteiger partial charge in [0.05, 0.1) is 6.10 Å². The van der Waals surface area contributed by atoms with E-state index < -0.39 is 0 Å². The molecule has 2 heterocycles. The summed E-state index contributed by atoms with van der Waals surface area (Å²) in [4.78, 5) is 2.61. The van der Waals surface area contributed by atoms with Crippen molar-refractivity contribution in [1.29, 1.82) is 0 Å². The Morgan fingerprint density at radius 1 is 1.12 bits per heavy atom. The summed E-state index contributed by atoms with van der Waals surface area (Å²) < 4.78 is 5.84. The van der Waals surface area contributed by atoms with Gasteiger partial charge in [0.15, 0.2) is 0 Å². The Bertz CT molecular complexity index is 173. The third-order valence-electron chi connectivity index (χ3n) is 3.69. The third-order valence-corrected chi connectivity index (χ3v) is 3.69. The lowest BCUT2D eigenvalue weighted by molar-refractivity contribution is 0.0599. The van der Waals surface area contributed by atoms with E-state index in [1.54, 1.807) is 0 Å². The van der Waals surface area contributed by atoms with Crippen LogP contribution in [0.1, 0.15) is 38.5 Å². The fourth-order valence-corrected chi connectivity index (χ4v) is 2.67. The molecule has 2 aliphatic rings. The second-order valence-electron chi connectivity index (χ2n) is 5.10. The van der Waals surface area contributed by atoms with Gasteiger partial charge in [0.25, 0.3) is 0 Å². The van der Waals surface area contributed by atoms with E-state index in [1.165, 1.54) is 58.2 Å². The molecule has 0 amide bonds. The van der Waals surface area contributed by atoms with Crippen molar-refractivity contribution in [3.63, 3.8) is 0 Å². The monoisotopic (exact) mass is 226 g/mol. The van der Waals surface area contributed by atoms with Crippen LogP contribution in [-0.4, -0.2) is 50.3 Å². The fourth-order valence-electron chi connectivity index (χ4n) is 2.67. The van der Waals surface area contributed by atoms with Crippen molar-refractivity contribution >= 4 is 0 Å². The van der Waals surface area contributed by atoms with Gasteiger partial charge in [0, 0.05) is 19.7 Å². The smallest absolute Gasteiger partial charge is 0.0711 e. The van der Waals surface area contributed by atoms with Crippen molar-refractivity contribution in [3.05, 3.63) is 0 Å². The molecule has 0 saturated carbocycles. The highest BCUT2D eigenvalue weighted by molar-refractivity contribution is 4.71. The van der Waals surface area contributed by atoms with Crippen molar-refractivity contribution in [3.8, 4) is 0 Å². The molecule has 2 aliphatic heterocycles. The van der Waals surface area contributed by atoms with Crippen molar-refractivity contribution < 1.29 is 4.74 Å². The Labute approximate surface area is 99.5 Å². The summed E-state index contributed by atoms with van der Waals surface area (Å²) in [6.07, 6.45) is 8.55. The molecule has 3 nitrogen and oxygen atoms in total. The van der Waals surface area contributed by atoms with E-state index in [0.717, 1.165) is 19.7 Å². The Kier molecular flexibility index (Phi) is 5.59. The van der Waals surface area contributed by atoms with E-state index >= 15 is 0 Å². The maximum Gasteiger partial charge on any atom is 0.0711 e. The summed E-state index contributed by atoms with van der Waals surface area (Å²) in [5.41, 5.74) is 0. The van der Waals surface area contributed by atoms with Gasteiger partial charge in [-0.3, -0.25) is 0 Å². The van der Waals surface area contributed by atoms with Crippen molar-refractivity contribution in [2.75, 3.05) is 39.3 Å². The standard InChI is InChI=1S/C13H26N2O/c1-2-4-9-15(8-3-1)10-5-11-16-13-6-7-14-12-13/h13-14H,1-12H2/t13-/m1/s1. The van der Waals surface area contributed by atoms with Crippen molar-refractivity contribution in [2.45, 2.75) is 44.6 Å². The normalized spacial score (nSPS) is 28.1. The minimum Gasteiger partial charge on any atom is -0.377 e. The minimum atomic E-state index is 0.490. The maximum atomic E-state index is 5.84. The highest BCUT2D eigenvalue weighted by Crippen LogP contribution is 2.10. The summed E-state index contributed by atoms with van der Waals surface area (Å²) in [5, 5.41) is 3.34. The largest absolute Gasteiger partial charge is 0.377 e. The number of hydrogen-bond donors (Lipinski definition) is 1. The topological polar surface area (TPSA) is 24.5 Å². The highest BCUT2D eigenvalue weighted by Gasteiger charge is 2.14. The number of hydrogen-bond acceptors (Lipinski definition) is 3. The molecule has 0 aliphatic carbocycles. The molecule has 1 N–H and O–H groups in total. The lowest BCUT2D eigenvalue weighted by Gasteiger charge is -2.20. The van der Waals surface area contributed by atoms with Crippen LogP contribution in [0.3, 0.4) is 0 Å². The van der Waals surface area contributed by atoms with Gasteiger partial charge in [-0.1, -0.05) is 12.8 Å². The molecule has 0 aromatic carbocycles. The van der Waals surface area contributed by atoms with Crippen LogP contribution in [0.5, 0.6) is 0 Å². The van der Waals surface area contributed by atoms with Crippen LogP contribution in [0.2, 0.25) is 0 Å². The van der Waals surface area contributed by atoms with Gasteiger partial charge in [-0.2, -0.15) is 0 Å². The zero-order chi connectivity index (χ0) is 11.1. The maximum absolute atomic E-state index is 5.84. The average Bonchev–Trinajstić information content (AvgIpc) is 2.68. The average molecular weight is 226 g/mol. The van der Waals surface area contributed by atoms with Gasteiger partial charge in [-0.25, -0.2) is 0 Å². The Balaban J connectivity index is 1.49. The van der Waals surface area contributed by atoms with Crippen LogP contribution in [0, 0.1) is 0 Å². The molecular formula is C13H26N2O. The molecule has 2 rings (SSSR count). The van der Waals surface area contributed by atoms with Crippen LogP contribution in [-0.2, 0) is 4.74 Å². The molecule has 94 valence electrons. The first-order valence-corrected chi connectivity index (χ1v) is 7.00. The van der Waals surface area contributed by atoms with Gasteiger partial charge < -0.3 is 15.0 Å². The molecule has 0 spiro atoms. The summed E-state index contributed by atoms with van der Waals surface area (Å²) >= 11 is 0. The van der Waals surface area contributed by atoms with Gasteiger partial charge in [-0.05, 0) is 45.3 Å². The molecule has 2 saturated heterocycles. The quantitative estimate of drug-likeness (QED) is 0.721. The number of ether oxygens (including phenoxy) is 1. The molecule has 0 aromatic heterocycles. The van der Waals surface area contributed by atoms with Crippen LogP contribution in [0.4, 0.5) is 0 Å². The zero-order valence-electron chi connectivity index (χ0n) is 10.4. The second kappa shape index (κ2) is 7.25. The van der Waals surface area contributed by atoms with Gasteiger partial charge >= 0.3 is 0 Å². The molecule has 0 unspecified atom stereocenters. The zero-order valence-corrected chi connectivity index (χ0v) is 10.4. The Morgan fingerprint density at radius 3 is 2.62 bits per heavy atom. The van der Waals surface area contributed by atoms with E-state index in [0.29, 0.717) is 6.10 Å². The molecule has 2 fully saturated rings. The highest BCUT2D eigenvalue weighted by atomic mass is 16.5. The van der Waals surface area contributed by atoms with E-state index in [4.69, 9.17) is 4.74 Å². The number of nitrogens with zero attached hydrogens (tertiary/aromatic N) is 1. The molecule has 0 aromatic rings. The van der Waals surface area contributed by atoms with Gasteiger partial charge in [0.2, 0.25) is 0 Å². The predicted molar refractivity (Wildman–Crippen MR) is 66.8 cm³/mol. The van der Waals surface area contributed by atoms with Gasteiger partial charge in [-0.15, -0.1) is 0 Å². The summed E-state index contributed by atoms with van der Waals surface area (Å²) in [6.45, 7) is 7.00. The van der Waals surface area contributed by atoms with Crippen LogP contribution in [0.15, 0.2) is 0 Å². The van der Waals surface area contributed by atoms with E-state index in [9.17, 15) is 0 Å². The van der Waals surface area contributed by atoms with E-state index in [1.807, 2.05) is 0 Å². The number of nitrogens with one attached hydrogen (secondary N) is 1. The first-order chi connectivity index (χ1) is 7.95. The summed E-state index contributed by atoms with van der Waals surface area (Å²) in [5.74, 6) is 0. The first-order valence-electron chi connectivity index (χ1n) is 7.00. The van der Waals surface area contributed by atoms with Crippen molar-refractivity contribution in [1.82, 2.24) is 10.2 Å². The van der Waals surface area contributed by atoms with Gasteiger partial charge in [0.1, 0.15) is 0 Å².